The van der Waals surface area contributed by atoms with Crippen LogP contribution in [0.15, 0.2) is 55.1 Å². The number of aryl methyl sites for hydroxylation is 2. The quantitative estimate of drug-likeness (QED) is 0.683. The van der Waals surface area contributed by atoms with Crippen LogP contribution in [0.1, 0.15) is 22.6 Å². The molecule has 1 aromatic carbocycles. The number of aromatic nitrogens is 4. The van der Waals surface area contributed by atoms with Crippen LogP contribution in [0.25, 0.3) is 16.8 Å². The van der Waals surface area contributed by atoms with Crippen LogP contribution in [-0.4, -0.2) is 15.0 Å². The van der Waals surface area contributed by atoms with Crippen LogP contribution < -0.4 is 4.57 Å². The van der Waals surface area contributed by atoms with Crippen molar-refractivity contribution in [1.82, 2.24) is 15.0 Å². The molecule has 112 valence electrons. The molecule has 0 fully saturated rings. The molecule has 0 amide bonds. The smallest absolute Gasteiger partial charge is 0.236 e. The minimum atomic E-state index is 0.739. The van der Waals surface area contributed by atoms with Gasteiger partial charge in [0.2, 0.25) is 0 Å². The van der Waals surface area contributed by atoms with E-state index in [2.05, 4.69) is 56.8 Å². The van der Waals surface area contributed by atoms with Crippen molar-refractivity contribution in [1.29, 1.82) is 0 Å². The van der Waals surface area contributed by atoms with Crippen LogP contribution in [0.2, 0.25) is 0 Å². The van der Waals surface area contributed by atoms with Crippen molar-refractivity contribution < 1.29 is 4.57 Å². The predicted molar refractivity (Wildman–Crippen MR) is 88.4 cm³/mol. The Bertz CT molecular complexity index is 914. The van der Waals surface area contributed by atoms with Gasteiger partial charge in [0.25, 0.3) is 6.33 Å². The first kappa shape index (κ1) is 13.8. The highest BCUT2D eigenvalue weighted by molar-refractivity contribution is 5.83. The Morgan fingerprint density at radius 3 is 2.57 bits per heavy atom. The highest BCUT2D eigenvalue weighted by Crippen LogP contribution is 2.34. The number of allylic oxidation sites excluding steroid dienone is 1. The molecule has 0 bridgehead atoms. The van der Waals surface area contributed by atoms with Crippen LogP contribution >= 0.6 is 0 Å². The van der Waals surface area contributed by atoms with Gasteiger partial charge in [-0.3, -0.25) is 0 Å². The second kappa shape index (κ2) is 5.39. The van der Waals surface area contributed by atoms with Crippen molar-refractivity contribution in [3.63, 3.8) is 0 Å². The van der Waals surface area contributed by atoms with Crippen molar-refractivity contribution in [3.8, 4) is 11.3 Å². The van der Waals surface area contributed by atoms with E-state index in [0.29, 0.717) is 0 Å². The lowest BCUT2D eigenvalue weighted by Crippen LogP contribution is -2.33. The molecule has 1 aliphatic rings. The molecule has 0 atom stereocenters. The molecule has 0 radical (unpaired) electrons. The zero-order valence-corrected chi connectivity index (χ0v) is 13.2. The second-order valence-electron chi connectivity index (χ2n) is 5.74. The lowest BCUT2D eigenvalue weighted by atomic mass is 9.99. The first-order valence-corrected chi connectivity index (χ1v) is 7.67. The fourth-order valence-corrected chi connectivity index (χ4v) is 3.16. The van der Waals surface area contributed by atoms with Gasteiger partial charge < -0.3 is 0 Å². The molecule has 2 aromatic heterocycles. The van der Waals surface area contributed by atoms with Crippen LogP contribution in [-0.2, 0) is 13.5 Å². The number of hydrogen-bond donors (Lipinski definition) is 0. The highest BCUT2D eigenvalue weighted by Gasteiger charge is 2.29. The Labute approximate surface area is 135 Å². The average molecular weight is 301 g/mol. The van der Waals surface area contributed by atoms with E-state index >= 15 is 0 Å². The molecule has 2 heterocycles. The van der Waals surface area contributed by atoms with Crippen molar-refractivity contribution in [2.75, 3.05) is 0 Å². The third kappa shape index (κ3) is 2.23. The molecule has 0 N–H and O–H groups in total. The number of benzene rings is 1. The van der Waals surface area contributed by atoms with Crippen LogP contribution in [0.3, 0.4) is 0 Å². The van der Waals surface area contributed by atoms with Gasteiger partial charge in [-0.15, -0.1) is 0 Å². The van der Waals surface area contributed by atoms with Crippen molar-refractivity contribution >= 4 is 5.57 Å². The Morgan fingerprint density at radius 1 is 1.00 bits per heavy atom. The minimum Gasteiger partial charge on any atom is -0.236 e. The molecule has 3 aromatic rings. The van der Waals surface area contributed by atoms with E-state index in [-0.39, 0.29) is 0 Å². The Balaban J connectivity index is 1.90. The Kier molecular flexibility index (Phi) is 3.23. The van der Waals surface area contributed by atoms with Crippen molar-refractivity contribution in [3.05, 3.63) is 77.8 Å². The topological polar surface area (TPSA) is 42.5 Å². The van der Waals surface area contributed by atoms with Crippen LogP contribution in [0, 0.1) is 6.92 Å². The summed E-state index contributed by atoms with van der Waals surface area (Å²) < 4.78 is 2.10. The average Bonchev–Trinajstić information content (AvgIpc) is 3.00. The molecule has 23 heavy (non-hydrogen) atoms. The zero-order chi connectivity index (χ0) is 15.8. The van der Waals surface area contributed by atoms with E-state index < -0.39 is 0 Å². The van der Waals surface area contributed by atoms with Gasteiger partial charge in [0, 0.05) is 24.4 Å². The third-order valence-corrected chi connectivity index (χ3v) is 4.26. The van der Waals surface area contributed by atoms with Gasteiger partial charge in [-0.1, -0.05) is 30.3 Å². The van der Waals surface area contributed by atoms with E-state index in [0.717, 1.165) is 23.5 Å². The molecule has 0 unspecified atom stereocenters. The van der Waals surface area contributed by atoms with Crippen molar-refractivity contribution in [2.24, 2.45) is 7.05 Å². The number of nitrogens with zero attached hydrogens (tertiary/aromatic N) is 4. The molecule has 1 aliphatic carbocycles. The van der Waals surface area contributed by atoms with Gasteiger partial charge in [0.15, 0.2) is 11.5 Å². The summed E-state index contributed by atoms with van der Waals surface area (Å²) in [5.41, 5.74) is 6.99. The van der Waals surface area contributed by atoms with Crippen molar-refractivity contribution in [2.45, 2.75) is 13.3 Å². The summed E-state index contributed by atoms with van der Waals surface area (Å²) in [7, 11) is 2.05. The van der Waals surface area contributed by atoms with Gasteiger partial charge in [0.1, 0.15) is 5.69 Å². The van der Waals surface area contributed by atoms with E-state index in [4.69, 9.17) is 0 Å². The minimum absolute atomic E-state index is 0.739. The standard InChI is InChI=1S/C19H17N4/c1-13-6-3-4-7-14(13)18-15-8-9-16(17(15)22-12-23(18)2)19-20-10-5-11-21-19/h3-7,9-12H,8H2,1-2H3/q+1. The van der Waals surface area contributed by atoms with Gasteiger partial charge in [-0.2, -0.15) is 0 Å². The van der Waals surface area contributed by atoms with E-state index in [1.807, 2.05) is 19.4 Å². The van der Waals surface area contributed by atoms with E-state index in [1.165, 1.54) is 22.4 Å². The van der Waals surface area contributed by atoms with Gasteiger partial charge in [0.05, 0.1) is 18.2 Å². The maximum absolute atomic E-state index is 4.65. The summed E-state index contributed by atoms with van der Waals surface area (Å²) in [4.78, 5) is 13.4. The Hall–Kier alpha value is -2.88. The van der Waals surface area contributed by atoms with Gasteiger partial charge >= 0.3 is 0 Å². The zero-order valence-electron chi connectivity index (χ0n) is 13.2. The molecule has 0 saturated heterocycles. The maximum atomic E-state index is 4.65. The molecular formula is C19H17N4+. The normalized spacial score (nSPS) is 12.9. The SMILES string of the molecule is Cc1ccccc1-c1c2c(nc[n+]1C)C(c1ncccn1)=CC2. The fourth-order valence-electron chi connectivity index (χ4n) is 3.16. The summed E-state index contributed by atoms with van der Waals surface area (Å²) in [5, 5.41) is 0. The molecule has 0 spiro atoms. The molecule has 4 rings (SSSR count). The van der Waals surface area contributed by atoms with Crippen LogP contribution in [0.5, 0.6) is 0 Å². The first-order chi connectivity index (χ1) is 11.3. The summed E-state index contributed by atoms with van der Waals surface area (Å²) in [6.45, 7) is 2.14. The molecule has 0 aliphatic heterocycles. The van der Waals surface area contributed by atoms with Gasteiger partial charge in [-0.05, 0) is 23.5 Å². The third-order valence-electron chi connectivity index (χ3n) is 4.26. The molecular weight excluding hydrogens is 284 g/mol. The number of rotatable bonds is 2. The highest BCUT2D eigenvalue weighted by atomic mass is 15.0. The van der Waals surface area contributed by atoms with E-state index in [9.17, 15) is 0 Å². The fraction of sp³-hybridized carbons (Fsp3) is 0.158. The largest absolute Gasteiger partial charge is 0.287 e. The summed E-state index contributed by atoms with van der Waals surface area (Å²) in [5.74, 6) is 0.739. The monoisotopic (exact) mass is 301 g/mol. The molecule has 4 nitrogen and oxygen atoms in total. The summed E-state index contributed by atoms with van der Waals surface area (Å²) in [6.07, 6.45) is 8.45. The molecule has 4 heteroatoms. The summed E-state index contributed by atoms with van der Waals surface area (Å²) >= 11 is 0. The number of hydrogen-bond acceptors (Lipinski definition) is 3. The Morgan fingerprint density at radius 2 is 1.78 bits per heavy atom. The lowest BCUT2D eigenvalue weighted by molar-refractivity contribution is -0.663. The van der Waals surface area contributed by atoms with E-state index in [1.54, 1.807) is 12.4 Å². The summed E-state index contributed by atoms with van der Waals surface area (Å²) in [6, 6.07) is 10.3. The van der Waals surface area contributed by atoms with Gasteiger partial charge in [-0.25, -0.2) is 14.5 Å². The lowest BCUT2D eigenvalue weighted by Gasteiger charge is -2.10. The number of fused-ring (bicyclic) bond motifs is 1. The second-order valence-corrected chi connectivity index (χ2v) is 5.74. The predicted octanol–water partition coefficient (Wildman–Crippen LogP) is 2.66. The van der Waals surface area contributed by atoms with Crippen LogP contribution in [0.4, 0.5) is 0 Å². The molecule has 0 saturated carbocycles. The maximum Gasteiger partial charge on any atom is 0.287 e. The first-order valence-electron chi connectivity index (χ1n) is 7.67.